The summed E-state index contributed by atoms with van der Waals surface area (Å²) in [4.78, 5) is 0. The van der Waals surface area contributed by atoms with E-state index in [0.717, 1.165) is 0 Å². The molecule has 2 N–H and O–H groups in total. The Morgan fingerprint density at radius 1 is 1.33 bits per heavy atom. The molecule has 1 aliphatic rings. The molecule has 0 heterocycles. The summed E-state index contributed by atoms with van der Waals surface area (Å²) in [5.74, 6) is -3.52. The number of rotatable bonds is 1. The second-order valence-electron chi connectivity index (χ2n) is 3.83. The van der Waals surface area contributed by atoms with Gasteiger partial charge in [0.15, 0.2) is 5.60 Å². The van der Waals surface area contributed by atoms with Gasteiger partial charge in [-0.3, -0.25) is 0 Å². The van der Waals surface area contributed by atoms with Crippen LogP contribution in [0.5, 0.6) is 0 Å². The molecule has 0 radical (unpaired) electrons. The summed E-state index contributed by atoms with van der Waals surface area (Å²) in [6.45, 7) is 1.47. The molecule has 1 aromatic carbocycles. The minimum absolute atomic E-state index is 0.117. The Hall–Kier alpha value is -1.00. The molecule has 4 heteroatoms. The second-order valence-corrected chi connectivity index (χ2v) is 3.83. The average Bonchev–Trinajstić information content (AvgIpc) is 2.40. The minimum Gasteiger partial charge on any atom is -0.382 e. The van der Waals surface area contributed by atoms with Crippen LogP contribution in [0.2, 0.25) is 0 Å². The van der Waals surface area contributed by atoms with Crippen LogP contribution in [0.3, 0.4) is 0 Å². The summed E-state index contributed by atoms with van der Waals surface area (Å²) in [6, 6.07) is 6.00. The van der Waals surface area contributed by atoms with Crippen LogP contribution in [-0.4, -0.2) is 16.1 Å². The zero-order chi connectivity index (χ0) is 11.3. The largest absolute Gasteiger partial charge is 0.382 e. The molecule has 2 nitrogen and oxygen atoms in total. The first kappa shape index (κ1) is 10.5. The lowest BCUT2D eigenvalue weighted by molar-refractivity contribution is -0.224. The third-order valence-corrected chi connectivity index (χ3v) is 3.11. The Morgan fingerprint density at radius 2 is 1.93 bits per heavy atom. The summed E-state index contributed by atoms with van der Waals surface area (Å²) in [7, 11) is 0. The first-order chi connectivity index (χ1) is 6.95. The summed E-state index contributed by atoms with van der Waals surface area (Å²) in [5.41, 5.74) is -2.00. The fraction of sp³-hybridized carbons (Fsp3) is 0.455. The molecule has 0 spiro atoms. The van der Waals surface area contributed by atoms with Gasteiger partial charge in [-0.15, -0.1) is 0 Å². The summed E-state index contributed by atoms with van der Waals surface area (Å²) < 4.78 is 27.4. The number of halogens is 2. The van der Waals surface area contributed by atoms with Crippen LogP contribution in [0.4, 0.5) is 8.78 Å². The van der Waals surface area contributed by atoms with Gasteiger partial charge in [-0.05, 0) is 17.5 Å². The van der Waals surface area contributed by atoms with Gasteiger partial charge in [0, 0.05) is 0 Å². The molecule has 2 atom stereocenters. The van der Waals surface area contributed by atoms with Crippen molar-refractivity contribution in [1.29, 1.82) is 0 Å². The summed E-state index contributed by atoms with van der Waals surface area (Å²) in [6.07, 6.45) is -2.05. The highest BCUT2D eigenvalue weighted by molar-refractivity contribution is 5.43. The Morgan fingerprint density at radius 3 is 2.53 bits per heavy atom. The molecule has 15 heavy (non-hydrogen) atoms. The van der Waals surface area contributed by atoms with Crippen LogP contribution in [0.1, 0.15) is 30.6 Å². The summed E-state index contributed by atoms with van der Waals surface area (Å²) >= 11 is 0. The van der Waals surface area contributed by atoms with E-state index in [4.69, 9.17) is 0 Å². The first-order valence-electron chi connectivity index (χ1n) is 4.83. The van der Waals surface area contributed by atoms with Crippen molar-refractivity contribution in [3.63, 3.8) is 0 Å². The fourth-order valence-corrected chi connectivity index (χ4v) is 2.14. The van der Waals surface area contributed by atoms with Crippen molar-refractivity contribution < 1.29 is 19.0 Å². The number of aliphatic hydroxyl groups is 2. The predicted molar refractivity (Wildman–Crippen MR) is 50.5 cm³/mol. The van der Waals surface area contributed by atoms with Crippen molar-refractivity contribution in [2.45, 2.75) is 31.0 Å². The zero-order valence-electron chi connectivity index (χ0n) is 8.24. The molecule has 0 aromatic heterocycles. The molecule has 0 saturated carbocycles. The van der Waals surface area contributed by atoms with Gasteiger partial charge in [-0.1, -0.05) is 31.2 Å². The number of alkyl halides is 2. The zero-order valence-corrected chi connectivity index (χ0v) is 8.24. The fourth-order valence-electron chi connectivity index (χ4n) is 2.14. The van der Waals surface area contributed by atoms with E-state index >= 15 is 0 Å². The van der Waals surface area contributed by atoms with E-state index in [-0.39, 0.29) is 17.5 Å². The lowest BCUT2D eigenvalue weighted by atomic mass is 9.90. The van der Waals surface area contributed by atoms with E-state index in [1.54, 1.807) is 12.1 Å². The van der Waals surface area contributed by atoms with E-state index in [1.165, 1.54) is 19.1 Å². The van der Waals surface area contributed by atoms with Gasteiger partial charge in [-0.2, -0.15) is 8.78 Å². The monoisotopic (exact) mass is 214 g/mol. The van der Waals surface area contributed by atoms with Crippen molar-refractivity contribution >= 4 is 0 Å². The Labute approximate surface area is 86.2 Å². The lowest BCUT2D eigenvalue weighted by Gasteiger charge is -2.30. The molecule has 2 rings (SSSR count). The molecule has 0 aliphatic heterocycles. The molecule has 0 fully saturated rings. The molecule has 0 saturated heterocycles. The molecule has 0 unspecified atom stereocenters. The van der Waals surface area contributed by atoms with E-state index in [0.29, 0.717) is 0 Å². The van der Waals surface area contributed by atoms with E-state index < -0.39 is 17.6 Å². The third kappa shape index (κ3) is 1.09. The normalized spacial score (nSPS) is 32.7. The van der Waals surface area contributed by atoms with E-state index in [1.807, 2.05) is 0 Å². The number of aliphatic hydroxyl groups excluding tert-OH is 1. The van der Waals surface area contributed by atoms with Crippen molar-refractivity contribution in [3.8, 4) is 0 Å². The van der Waals surface area contributed by atoms with Gasteiger partial charge in [0.1, 0.15) is 6.10 Å². The SMILES string of the molecule is CC[C@@]1(O)c2ccccc2[C@@H](O)C1(F)F. The highest BCUT2D eigenvalue weighted by Gasteiger charge is 2.64. The first-order valence-corrected chi connectivity index (χ1v) is 4.83. The maximum absolute atomic E-state index is 13.7. The molecule has 0 bridgehead atoms. The van der Waals surface area contributed by atoms with Crippen LogP contribution in [0.15, 0.2) is 24.3 Å². The number of hydrogen-bond acceptors (Lipinski definition) is 2. The van der Waals surface area contributed by atoms with Crippen LogP contribution < -0.4 is 0 Å². The number of benzene rings is 1. The molecule has 1 aromatic rings. The van der Waals surface area contributed by atoms with Gasteiger partial charge < -0.3 is 10.2 Å². The molecule has 1 aliphatic carbocycles. The van der Waals surface area contributed by atoms with Crippen molar-refractivity contribution in [1.82, 2.24) is 0 Å². The Balaban J connectivity index is 2.67. The van der Waals surface area contributed by atoms with E-state index in [9.17, 15) is 19.0 Å². The van der Waals surface area contributed by atoms with Crippen molar-refractivity contribution in [2.75, 3.05) is 0 Å². The van der Waals surface area contributed by atoms with Gasteiger partial charge in [0.25, 0.3) is 0 Å². The highest BCUT2D eigenvalue weighted by atomic mass is 19.3. The standard InChI is InChI=1S/C11H12F2O2/c1-2-10(15)8-6-4-3-5-7(8)9(14)11(10,12)13/h3-6,9,14-15H,2H2,1H3/t9-,10-/m1/s1. The van der Waals surface area contributed by atoms with Crippen molar-refractivity contribution in [3.05, 3.63) is 35.4 Å². The van der Waals surface area contributed by atoms with Gasteiger partial charge >= 0.3 is 5.92 Å². The Kier molecular flexibility index (Phi) is 2.10. The van der Waals surface area contributed by atoms with Crippen molar-refractivity contribution in [2.24, 2.45) is 0 Å². The van der Waals surface area contributed by atoms with Crippen LogP contribution >= 0.6 is 0 Å². The second kappa shape index (κ2) is 3.00. The predicted octanol–water partition coefficient (Wildman–Crippen LogP) is 1.97. The van der Waals surface area contributed by atoms with E-state index in [2.05, 4.69) is 0 Å². The maximum Gasteiger partial charge on any atom is 0.309 e. The quantitative estimate of drug-likeness (QED) is 0.750. The minimum atomic E-state index is -3.52. The maximum atomic E-state index is 13.7. The Bertz CT molecular complexity index is 392. The topological polar surface area (TPSA) is 40.5 Å². The average molecular weight is 214 g/mol. The van der Waals surface area contributed by atoms with Gasteiger partial charge in [0.2, 0.25) is 0 Å². The van der Waals surface area contributed by atoms with Crippen LogP contribution in [-0.2, 0) is 5.60 Å². The summed E-state index contributed by atoms with van der Waals surface area (Å²) in [5, 5.41) is 19.4. The smallest absolute Gasteiger partial charge is 0.309 e. The molecular formula is C11H12F2O2. The van der Waals surface area contributed by atoms with Gasteiger partial charge in [-0.25, -0.2) is 0 Å². The van der Waals surface area contributed by atoms with Gasteiger partial charge in [0.05, 0.1) is 0 Å². The van der Waals surface area contributed by atoms with Crippen LogP contribution in [0.25, 0.3) is 0 Å². The third-order valence-electron chi connectivity index (χ3n) is 3.11. The van der Waals surface area contributed by atoms with Crippen LogP contribution in [0, 0.1) is 0 Å². The molecule has 82 valence electrons. The highest BCUT2D eigenvalue weighted by Crippen LogP contribution is 2.55. The molecular weight excluding hydrogens is 202 g/mol. The lowest BCUT2D eigenvalue weighted by Crippen LogP contribution is -2.43. The molecule has 0 amide bonds. The number of fused-ring (bicyclic) bond motifs is 1. The number of hydrogen-bond donors (Lipinski definition) is 2.